The zero-order valence-corrected chi connectivity index (χ0v) is 21.3. The summed E-state index contributed by atoms with van der Waals surface area (Å²) in [4.78, 5) is 31.2. The molecule has 2 saturated carbocycles. The van der Waals surface area contributed by atoms with Crippen LogP contribution in [-0.4, -0.2) is 35.1 Å². The highest BCUT2D eigenvalue weighted by Crippen LogP contribution is 2.52. The Morgan fingerprint density at radius 2 is 1.91 bits per heavy atom. The van der Waals surface area contributed by atoms with Gasteiger partial charge in [-0.2, -0.15) is 0 Å². The molecule has 0 saturated heterocycles. The van der Waals surface area contributed by atoms with Gasteiger partial charge < -0.3 is 9.64 Å². The smallest absolute Gasteiger partial charge is 0.415 e. The number of carbonyl (C=O) groups is 2. The fourth-order valence-corrected chi connectivity index (χ4v) is 6.07. The third-order valence-corrected chi connectivity index (χ3v) is 7.68. The molecule has 3 aliphatic rings. The molecular weight excluding hydrogens is 436 g/mol. The molecule has 1 aliphatic heterocycles. The van der Waals surface area contributed by atoms with Gasteiger partial charge in [-0.05, 0) is 55.7 Å². The highest BCUT2D eigenvalue weighted by molar-refractivity contribution is 5.91. The van der Waals surface area contributed by atoms with Crippen molar-refractivity contribution in [1.29, 1.82) is 0 Å². The van der Waals surface area contributed by atoms with E-state index in [9.17, 15) is 9.59 Å². The van der Waals surface area contributed by atoms with Gasteiger partial charge >= 0.3 is 6.09 Å². The number of amides is 2. The lowest BCUT2D eigenvalue weighted by Gasteiger charge is -2.47. The van der Waals surface area contributed by atoms with Crippen molar-refractivity contribution in [1.82, 2.24) is 4.90 Å². The summed E-state index contributed by atoms with van der Waals surface area (Å²) < 4.78 is 6.16. The highest BCUT2D eigenvalue weighted by Gasteiger charge is 2.51. The SMILES string of the molecule is C=CC=C(C=C)C(CCC)OC(=O)N1c2ccccc2C(N(C(=O)CCC)C2CC2)C2CCCC21. The summed E-state index contributed by atoms with van der Waals surface area (Å²) >= 11 is 0. The zero-order valence-electron chi connectivity index (χ0n) is 21.3. The first-order valence-corrected chi connectivity index (χ1v) is 13.4. The second-order valence-corrected chi connectivity index (χ2v) is 10.1. The number of rotatable bonds is 10. The molecule has 0 N–H and O–H groups in total. The van der Waals surface area contributed by atoms with E-state index >= 15 is 0 Å². The largest absolute Gasteiger partial charge is 0.441 e. The van der Waals surface area contributed by atoms with E-state index in [1.165, 1.54) is 0 Å². The van der Waals surface area contributed by atoms with Gasteiger partial charge in [0.2, 0.25) is 5.91 Å². The molecule has 2 fully saturated rings. The Morgan fingerprint density at radius 1 is 1.14 bits per heavy atom. The maximum atomic E-state index is 13.8. The number of benzene rings is 1. The van der Waals surface area contributed by atoms with Crippen molar-refractivity contribution < 1.29 is 14.3 Å². The van der Waals surface area contributed by atoms with Crippen LogP contribution >= 0.6 is 0 Å². The van der Waals surface area contributed by atoms with Gasteiger partial charge in [-0.1, -0.05) is 76.3 Å². The van der Waals surface area contributed by atoms with Gasteiger partial charge in [0.25, 0.3) is 0 Å². The van der Waals surface area contributed by atoms with Crippen molar-refractivity contribution in [2.24, 2.45) is 5.92 Å². The Bertz CT molecular complexity index is 980. The molecule has 0 radical (unpaired) electrons. The summed E-state index contributed by atoms with van der Waals surface area (Å²) in [5.74, 6) is 0.482. The number of fused-ring (bicyclic) bond motifs is 2. The molecule has 4 atom stereocenters. The lowest BCUT2D eigenvalue weighted by atomic mass is 9.81. The lowest BCUT2D eigenvalue weighted by Crippen LogP contribution is -2.53. The van der Waals surface area contributed by atoms with Gasteiger partial charge in [0.05, 0.1) is 11.7 Å². The Kier molecular flexibility index (Phi) is 8.15. The number of allylic oxidation sites excluding steroid dienone is 2. The second-order valence-electron chi connectivity index (χ2n) is 10.1. The van der Waals surface area contributed by atoms with Gasteiger partial charge in [0.1, 0.15) is 6.10 Å². The molecule has 0 bridgehead atoms. The first kappa shape index (κ1) is 25.3. The minimum atomic E-state index is -0.359. The van der Waals surface area contributed by atoms with Gasteiger partial charge in [-0.3, -0.25) is 9.69 Å². The average molecular weight is 477 g/mol. The summed E-state index contributed by atoms with van der Waals surface area (Å²) in [6, 6.07) is 8.55. The second kappa shape index (κ2) is 11.3. The van der Waals surface area contributed by atoms with Crippen molar-refractivity contribution >= 4 is 17.7 Å². The summed E-state index contributed by atoms with van der Waals surface area (Å²) in [6.45, 7) is 11.9. The van der Waals surface area contributed by atoms with Gasteiger partial charge in [-0.25, -0.2) is 4.79 Å². The van der Waals surface area contributed by atoms with Crippen LogP contribution in [0.5, 0.6) is 0 Å². The Balaban J connectivity index is 1.71. The number of ether oxygens (including phenoxy) is 1. The van der Waals surface area contributed by atoms with Crippen molar-refractivity contribution in [2.45, 2.75) is 95.9 Å². The van der Waals surface area contributed by atoms with E-state index in [0.717, 1.165) is 68.2 Å². The van der Waals surface area contributed by atoms with Gasteiger partial charge in [-0.15, -0.1) is 0 Å². The first-order valence-electron chi connectivity index (χ1n) is 13.4. The van der Waals surface area contributed by atoms with Crippen molar-refractivity contribution in [2.75, 3.05) is 4.90 Å². The van der Waals surface area contributed by atoms with E-state index in [0.29, 0.717) is 12.5 Å². The molecule has 5 heteroatoms. The summed E-state index contributed by atoms with van der Waals surface area (Å²) in [5, 5.41) is 0. The van der Waals surface area contributed by atoms with Crippen molar-refractivity contribution in [3.05, 3.63) is 66.8 Å². The molecule has 188 valence electrons. The van der Waals surface area contributed by atoms with Crippen LogP contribution in [0.2, 0.25) is 0 Å². The fraction of sp³-hybridized carbons (Fsp3) is 0.533. The molecule has 0 spiro atoms. The number of hydrogen-bond acceptors (Lipinski definition) is 3. The number of para-hydroxylation sites is 1. The normalized spacial score (nSPS) is 24.2. The van der Waals surface area contributed by atoms with Crippen molar-refractivity contribution in [3.8, 4) is 0 Å². The average Bonchev–Trinajstić information content (AvgIpc) is 3.57. The summed E-state index contributed by atoms with van der Waals surface area (Å²) in [7, 11) is 0. The van der Waals surface area contributed by atoms with Crippen molar-refractivity contribution in [3.63, 3.8) is 0 Å². The van der Waals surface area contributed by atoms with E-state index < -0.39 is 0 Å². The fourth-order valence-electron chi connectivity index (χ4n) is 6.07. The number of nitrogens with zero attached hydrogens (tertiary/aromatic N) is 2. The van der Waals surface area contributed by atoms with Crippen LogP contribution < -0.4 is 4.90 Å². The van der Waals surface area contributed by atoms with E-state index in [1.54, 1.807) is 12.2 Å². The maximum Gasteiger partial charge on any atom is 0.415 e. The third kappa shape index (κ3) is 5.10. The zero-order chi connectivity index (χ0) is 24.9. The predicted molar refractivity (Wildman–Crippen MR) is 141 cm³/mol. The van der Waals surface area contributed by atoms with Gasteiger partial charge in [0, 0.05) is 24.4 Å². The minimum Gasteiger partial charge on any atom is -0.441 e. The standard InChI is InChI=1S/C30H40N2O3/c1-5-12-21(8-4)27(13-6-2)35-30(34)32-25-17-10-9-15-23(25)29(24-16-11-18-26(24)32)31(22-19-20-22)28(33)14-7-3/h5,8-10,12,15,17,22,24,26-27,29H,1,4,6-7,11,13-14,16,18-20H2,2-3H3. The van der Waals surface area contributed by atoms with Gasteiger partial charge in [0.15, 0.2) is 0 Å². The van der Waals surface area contributed by atoms with Crippen LogP contribution in [0.4, 0.5) is 10.5 Å². The van der Waals surface area contributed by atoms with Crippen LogP contribution in [0, 0.1) is 5.92 Å². The molecule has 1 aromatic carbocycles. The summed E-state index contributed by atoms with van der Waals surface area (Å²) in [6.07, 6.45) is 12.9. The molecule has 0 aromatic heterocycles. The van der Waals surface area contributed by atoms with E-state index in [-0.39, 0.29) is 36.1 Å². The maximum absolute atomic E-state index is 13.8. The van der Waals surface area contributed by atoms with Crippen LogP contribution in [0.25, 0.3) is 0 Å². The lowest BCUT2D eigenvalue weighted by molar-refractivity contribution is -0.136. The summed E-state index contributed by atoms with van der Waals surface area (Å²) in [5.41, 5.74) is 2.84. The van der Waals surface area contributed by atoms with Crippen LogP contribution in [-0.2, 0) is 9.53 Å². The van der Waals surface area contributed by atoms with E-state index in [4.69, 9.17) is 4.74 Å². The minimum absolute atomic E-state index is 0.0325. The Morgan fingerprint density at radius 3 is 2.57 bits per heavy atom. The number of anilines is 1. The quantitative estimate of drug-likeness (QED) is 0.338. The Hall–Kier alpha value is -2.82. The molecule has 1 aromatic rings. The van der Waals surface area contributed by atoms with E-state index in [2.05, 4.69) is 38.0 Å². The third-order valence-electron chi connectivity index (χ3n) is 7.68. The topological polar surface area (TPSA) is 49.9 Å². The molecule has 5 nitrogen and oxygen atoms in total. The molecule has 4 unspecified atom stereocenters. The predicted octanol–water partition coefficient (Wildman–Crippen LogP) is 7.11. The van der Waals surface area contributed by atoms with Crippen LogP contribution in [0.3, 0.4) is 0 Å². The Labute approximate surface area is 210 Å². The molecule has 2 amide bonds. The monoisotopic (exact) mass is 476 g/mol. The molecule has 2 aliphatic carbocycles. The van der Waals surface area contributed by atoms with Crippen LogP contribution in [0.1, 0.15) is 83.2 Å². The first-order chi connectivity index (χ1) is 17.0. The molecule has 4 rings (SSSR count). The highest BCUT2D eigenvalue weighted by atomic mass is 16.6. The van der Waals surface area contributed by atoms with Crippen LogP contribution in [0.15, 0.2) is 61.2 Å². The number of carbonyl (C=O) groups excluding carboxylic acids is 2. The number of hydrogen-bond donors (Lipinski definition) is 0. The molecular formula is C30H40N2O3. The molecule has 35 heavy (non-hydrogen) atoms. The van der Waals surface area contributed by atoms with E-state index in [1.807, 2.05) is 29.2 Å². The molecule has 1 heterocycles.